The summed E-state index contributed by atoms with van der Waals surface area (Å²) in [7, 11) is 0. The highest BCUT2D eigenvalue weighted by Crippen LogP contribution is 2.24. The lowest BCUT2D eigenvalue weighted by Gasteiger charge is -2.10. The van der Waals surface area contributed by atoms with E-state index in [0.29, 0.717) is 22.9 Å². The summed E-state index contributed by atoms with van der Waals surface area (Å²) in [5, 5.41) is 0.578. The number of ether oxygens (including phenoxy) is 1. The van der Waals surface area contributed by atoms with E-state index >= 15 is 0 Å². The van der Waals surface area contributed by atoms with E-state index in [-0.39, 0.29) is 0 Å². The standard InChI is InChI=1S/C15H14ClNO2/c1-10-8-11(15(17)18)6-7-12(10)9-19-14-5-3-2-4-13(14)16/h2-8H,9H2,1H3,(H2,17,18). The number of carbonyl (C=O) groups excluding carboxylic acids is 1. The number of hydrogen-bond acceptors (Lipinski definition) is 2. The molecule has 2 aromatic rings. The Bertz CT molecular complexity index is 611. The Morgan fingerprint density at radius 3 is 2.63 bits per heavy atom. The van der Waals surface area contributed by atoms with E-state index in [1.54, 1.807) is 18.2 Å². The molecule has 4 heteroatoms. The van der Waals surface area contributed by atoms with Gasteiger partial charge in [-0.3, -0.25) is 4.79 Å². The minimum absolute atomic E-state index is 0.397. The molecule has 0 aromatic heterocycles. The number of para-hydroxylation sites is 1. The first-order valence-electron chi connectivity index (χ1n) is 5.84. The highest BCUT2D eigenvalue weighted by Gasteiger charge is 2.06. The number of halogens is 1. The van der Waals surface area contributed by atoms with Gasteiger partial charge in [-0.2, -0.15) is 0 Å². The normalized spacial score (nSPS) is 10.2. The van der Waals surface area contributed by atoms with Crippen LogP contribution in [0, 0.1) is 6.92 Å². The third-order valence-corrected chi connectivity index (χ3v) is 3.16. The molecule has 3 nitrogen and oxygen atoms in total. The Hall–Kier alpha value is -2.00. The summed E-state index contributed by atoms with van der Waals surface area (Å²) in [4.78, 5) is 11.1. The van der Waals surface area contributed by atoms with Crippen molar-refractivity contribution in [2.75, 3.05) is 0 Å². The first kappa shape index (κ1) is 13.4. The van der Waals surface area contributed by atoms with Crippen LogP contribution in [0.4, 0.5) is 0 Å². The highest BCUT2D eigenvalue weighted by atomic mass is 35.5. The predicted octanol–water partition coefficient (Wildman–Crippen LogP) is 3.33. The van der Waals surface area contributed by atoms with E-state index in [0.717, 1.165) is 11.1 Å². The number of carbonyl (C=O) groups is 1. The van der Waals surface area contributed by atoms with Crippen molar-refractivity contribution in [2.24, 2.45) is 5.73 Å². The second kappa shape index (κ2) is 5.76. The number of benzene rings is 2. The molecule has 0 heterocycles. The maximum Gasteiger partial charge on any atom is 0.248 e. The number of hydrogen-bond donors (Lipinski definition) is 1. The van der Waals surface area contributed by atoms with Gasteiger partial charge in [0, 0.05) is 5.56 Å². The minimum atomic E-state index is -0.429. The van der Waals surface area contributed by atoms with Crippen molar-refractivity contribution < 1.29 is 9.53 Å². The van der Waals surface area contributed by atoms with Gasteiger partial charge in [0.1, 0.15) is 12.4 Å². The Morgan fingerprint density at radius 2 is 2.00 bits per heavy atom. The topological polar surface area (TPSA) is 52.3 Å². The molecule has 0 radical (unpaired) electrons. The average molecular weight is 276 g/mol. The molecule has 0 aliphatic heterocycles. The molecule has 0 atom stereocenters. The molecule has 0 fully saturated rings. The molecule has 19 heavy (non-hydrogen) atoms. The maximum absolute atomic E-state index is 11.1. The SMILES string of the molecule is Cc1cc(C(N)=O)ccc1COc1ccccc1Cl. The zero-order valence-corrected chi connectivity index (χ0v) is 11.3. The van der Waals surface area contributed by atoms with E-state index in [1.165, 1.54) is 0 Å². The predicted molar refractivity (Wildman–Crippen MR) is 75.5 cm³/mol. The molecule has 2 N–H and O–H groups in total. The number of rotatable bonds is 4. The third-order valence-electron chi connectivity index (χ3n) is 2.85. The van der Waals surface area contributed by atoms with Crippen LogP contribution in [0.15, 0.2) is 42.5 Å². The van der Waals surface area contributed by atoms with E-state index in [2.05, 4.69) is 0 Å². The van der Waals surface area contributed by atoms with Crippen LogP contribution in [0.2, 0.25) is 5.02 Å². The van der Waals surface area contributed by atoms with Crippen molar-refractivity contribution in [3.8, 4) is 5.75 Å². The Labute approximate surface area is 117 Å². The van der Waals surface area contributed by atoms with E-state index < -0.39 is 5.91 Å². The van der Waals surface area contributed by atoms with Gasteiger partial charge in [-0.1, -0.05) is 29.8 Å². The average Bonchev–Trinajstić information content (AvgIpc) is 2.39. The zero-order valence-electron chi connectivity index (χ0n) is 10.5. The Balaban J connectivity index is 2.12. The molecule has 0 bridgehead atoms. The molecule has 0 saturated carbocycles. The van der Waals surface area contributed by atoms with Crippen LogP contribution >= 0.6 is 11.6 Å². The molecule has 0 saturated heterocycles. The second-order valence-electron chi connectivity index (χ2n) is 4.22. The summed E-state index contributed by atoms with van der Waals surface area (Å²) in [6.45, 7) is 2.31. The summed E-state index contributed by atoms with van der Waals surface area (Å²) >= 11 is 6.01. The number of primary amides is 1. The number of aryl methyl sites for hydroxylation is 1. The lowest BCUT2D eigenvalue weighted by atomic mass is 10.1. The summed E-state index contributed by atoms with van der Waals surface area (Å²) in [5.41, 5.74) is 7.68. The van der Waals surface area contributed by atoms with Crippen molar-refractivity contribution in [3.63, 3.8) is 0 Å². The van der Waals surface area contributed by atoms with Gasteiger partial charge in [0.15, 0.2) is 0 Å². The monoisotopic (exact) mass is 275 g/mol. The maximum atomic E-state index is 11.1. The first-order chi connectivity index (χ1) is 9.08. The second-order valence-corrected chi connectivity index (χ2v) is 4.63. The van der Waals surface area contributed by atoms with Crippen LogP contribution in [0.25, 0.3) is 0 Å². The Kier molecular flexibility index (Phi) is 4.07. The fraction of sp³-hybridized carbons (Fsp3) is 0.133. The van der Waals surface area contributed by atoms with Crippen molar-refractivity contribution >= 4 is 17.5 Å². The van der Waals surface area contributed by atoms with Gasteiger partial charge in [-0.05, 0) is 42.3 Å². The van der Waals surface area contributed by atoms with Gasteiger partial charge < -0.3 is 10.5 Å². The summed E-state index contributed by atoms with van der Waals surface area (Å²) in [5.74, 6) is 0.212. The van der Waals surface area contributed by atoms with Gasteiger partial charge in [0.05, 0.1) is 5.02 Å². The van der Waals surface area contributed by atoms with Gasteiger partial charge in [-0.25, -0.2) is 0 Å². The molecule has 1 amide bonds. The molecular formula is C15H14ClNO2. The van der Waals surface area contributed by atoms with E-state index in [1.807, 2.05) is 31.2 Å². The largest absolute Gasteiger partial charge is 0.487 e. The summed E-state index contributed by atoms with van der Waals surface area (Å²) in [6, 6.07) is 12.6. The molecule has 0 unspecified atom stereocenters. The molecule has 0 aliphatic rings. The highest BCUT2D eigenvalue weighted by molar-refractivity contribution is 6.32. The molecule has 0 aliphatic carbocycles. The van der Waals surface area contributed by atoms with Gasteiger partial charge >= 0.3 is 0 Å². The summed E-state index contributed by atoms with van der Waals surface area (Å²) < 4.78 is 5.66. The molecule has 0 spiro atoms. The summed E-state index contributed by atoms with van der Waals surface area (Å²) in [6.07, 6.45) is 0. The molecular weight excluding hydrogens is 262 g/mol. The minimum Gasteiger partial charge on any atom is -0.487 e. The fourth-order valence-electron chi connectivity index (χ4n) is 1.73. The van der Waals surface area contributed by atoms with Crippen LogP contribution < -0.4 is 10.5 Å². The fourth-order valence-corrected chi connectivity index (χ4v) is 1.92. The van der Waals surface area contributed by atoms with Crippen molar-refractivity contribution in [3.05, 3.63) is 64.2 Å². The van der Waals surface area contributed by atoms with Crippen LogP contribution in [-0.2, 0) is 6.61 Å². The third kappa shape index (κ3) is 3.26. The van der Waals surface area contributed by atoms with E-state index in [9.17, 15) is 4.79 Å². The number of nitrogens with two attached hydrogens (primary N) is 1. The molecule has 98 valence electrons. The van der Waals surface area contributed by atoms with Crippen molar-refractivity contribution in [1.29, 1.82) is 0 Å². The van der Waals surface area contributed by atoms with E-state index in [4.69, 9.17) is 22.1 Å². The smallest absolute Gasteiger partial charge is 0.248 e. The molecule has 2 aromatic carbocycles. The van der Waals surface area contributed by atoms with Crippen molar-refractivity contribution in [1.82, 2.24) is 0 Å². The van der Waals surface area contributed by atoms with Gasteiger partial charge in [0.2, 0.25) is 5.91 Å². The Morgan fingerprint density at radius 1 is 1.26 bits per heavy atom. The van der Waals surface area contributed by atoms with Crippen LogP contribution in [0.1, 0.15) is 21.5 Å². The quantitative estimate of drug-likeness (QED) is 0.930. The lowest BCUT2D eigenvalue weighted by molar-refractivity contribution is 0.1000. The lowest BCUT2D eigenvalue weighted by Crippen LogP contribution is -2.11. The zero-order chi connectivity index (χ0) is 13.8. The van der Waals surface area contributed by atoms with Crippen molar-refractivity contribution in [2.45, 2.75) is 13.5 Å². The first-order valence-corrected chi connectivity index (χ1v) is 6.22. The van der Waals surface area contributed by atoms with Crippen LogP contribution in [0.5, 0.6) is 5.75 Å². The van der Waals surface area contributed by atoms with Crippen LogP contribution in [0.3, 0.4) is 0 Å². The van der Waals surface area contributed by atoms with Gasteiger partial charge in [-0.15, -0.1) is 0 Å². The molecule has 2 rings (SSSR count). The van der Waals surface area contributed by atoms with Gasteiger partial charge in [0.25, 0.3) is 0 Å². The van der Waals surface area contributed by atoms with Crippen LogP contribution in [-0.4, -0.2) is 5.91 Å². The number of amides is 1.